The Hall–Kier alpha value is -2.96. The van der Waals surface area contributed by atoms with E-state index in [1.54, 1.807) is 17.8 Å². The molecule has 0 spiro atoms. The molecule has 7 heteroatoms. The Balaban J connectivity index is 2.06. The van der Waals surface area contributed by atoms with Gasteiger partial charge in [-0.15, -0.1) is 0 Å². The minimum atomic E-state index is -0.947. The lowest BCUT2D eigenvalue weighted by Gasteiger charge is -2.10. The van der Waals surface area contributed by atoms with Crippen molar-refractivity contribution >= 4 is 22.8 Å². The molecule has 0 saturated heterocycles. The van der Waals surface area contributed by atoms with Gasteiger partial charge in [0.15, 0.2) is 5.65 Å². The molecule has 3 aromatic rings. The van der Waals surface area contributed by atoms with Gasteiger partial charge >= 0.3 is 5.97 Å². The summed E-state index contributed by atoms with van der Waals surface area (Å²) in [5.41, 5.74) is 1.50. The highest BCUT2D eigenvalue weighted by Crippen LogP contribution is 2.21. The van der Waals surface area contributed by atoms with Crippen LogP contribution in [0.1, 0.15) is 6.92 Å². The van der Waals surface area contributed by atoms with Crippen LogP contribution in [0.15, 0.2) is 42.9 Å². The van der Waals surface area contributed by atoms with Crippen LogP contribution in [0.5, 0.6) is 0 Å². The third-order valence-corrected chi connectivity index (χ3v) is 3.09. The Morgan fingerprint density at radius 2 is 2.05 bits per heavy atom. The standard InChI is InChI=1S/C14H13N5O2/c1-9(14(20)21)18-12-11-7-17-19(13(11)16-8-15-12)10-5-3-2-4-6-10/h2-9H,1H3,(H,20,21)(H,15,16,18)/t9-/m1/s1. The molecule has 0 unspecified atom stereocenters. The normalized spacial score (nSPS) is 12.2. The molecule has 0 fully saturated rings. The maximum absolute atomic E-state index is 10.9. The maximum atomic E-state index is 10.9. The second kappa shape index (κ2) is 5.20. The number of nitrogens with zero attached hydrogens (tertiary/aromatic N) is 4. The van der Waals surface area contributed by atoms with E-state index in [4.69, 9.17) is 5.11 Å². The molecule has 0 aliphatic carbocycles. The number of para-hydroxylation sites is 1. The largest absolute Gasteiger partial charge is 0.480 e. The number of rotatable bonds is 4. The minimum Gasteiger partial charge on any atom is -0.480 e. The van der Waals surface area contributed by atoms with Gasteiger partial charge in [-0.05, 0) is 19.1 Å². The summed E-state index contributed by atoms with van der Waals surface area (Å²) in [5, 5.41) is 16.8. The molecule has 0 saturated carbocycles. The molecule has 0 aliphatic rings. The van der Waals surface area contributed by atoms with Crippen LogP contribution in [0.25, 0.3) is 16.7 Å². The number of carboxylic acid groups (broad SMARTS) is 1. The van der Waals surface area contributed by atoms with Crippen LogP contribution >= 0.6 is 0 Å². The van der Waals surface area contributed by atoms with Crippen molar-refractivity contribution in [2.45, 2.75) is 13.0 Å². The summed E-state index contributed by atoms with van der Waals surface area (Å²) in [6, 6.07) is 8.84. The van der Waals surface area contributed by atoms with Gasteiger partial charge in [0.2, 0.25) is 0 Å². The third kappa shape index (κ3) is 2.40. The van der Waals surface area contributed by atoms with E-state index >= 15 is 0 Å². The van der Waals surface area contributed by atoms with Gasteiger partial charge < -0.3 is 10.4 Å². The van der Waals surface area contributed by atoms with E-state index in [9.17, 15) is 4.79 Å². The van der Waals surface area contributed by atoms with Crippen LogP contribution in [0.4, 0.5) is 5.82 Å². The van der Waals surface area contributed by atoms with Gasteiger partial charge in [0.1, 0.15) is 18.2 Å². The highest BCUT2D eigenvalue weighted by atomic mass is 16.4. The Labute approximate surface area is 120 Å². The van der Waals surface area contributed by atoms with Gasteiger partial charge in [0.05, 0.1) is 17.3 Å². The number of aromatic nitrogens is 4. The van der Waals surface area contributed by atoms with E-state index in [1.165, 1.54) is 6.33 Å². The van der Waals surface area contributed by atoms with E-state index in [0.717, 1.165) is 5.69 Å². The summed E-state index contributed by atoms with van der Waals surface area (Å²) in [4.78, 5) is 19.3. The van der Waals surface area contributed by atoms with Crippen LogP contribution in [-0.4, -0.2) is 36.9 Å². The molecule has 0 amide bonds. The zero-order valence-electron chi connectivity index (χ0n) is 11.3. The van der Waals surface area contributed by atoms with Gasteiger partial charge in [-0.3, -0.25) is 4.79 Å². The van der Waals surface area contributed by atoms with Crippen molar-refractivity contribution in [3.8, 4) is 5.69 Å². The Morgan fingerprint density at radius 3 is 2.76 bits per heavy atom. The van der Waals surface area contributed by atoms with E-state index in [2.05, 4.69) is 20.4 Å². The van der Waals surface area contributed by atoms with Gasteiger partial charge in [0.25, 0.3) is 0 Å². The minimum absolute atomic E-state index is 0.456. The molecule has 3 rings (SSSR count). The number of fused-ring (bicyclic) bond motifs is 1. The van der Waals surface area contributed by atoms with E-state index in [0.29, 0.717) is 16.9 Å². The number of hydrogen-bond donors (Lipinski definition) is 2. The number of benzene rings is 1. The lowest BCUT2D eigenvalue weighted by molar-refractivity contribution is -0.137. The molecule has 2 aromatic heterocycles. The van der Waals surface area contributed by atoms with Crippen molar-refractivity contribution in [3.63, 3.8) is 0 Å². The first-order valence-electron chi connectivity index (χ1n) is 6.40. The monoisotopic (exact) mass is 283 g/mol. The van der Waals surface area contributed by atoms with E-state index in [-0.39, 0.29) is 0 Å². The third-order valence-electron chi connectivity index (χ3n) is 3.09. The zero-order valence-corrected chi connectivity index (χ0v) is 11.3. The quantitative estimate of drug-likeness (QED) is 0.757. The predicted molar refractivity (Wildman–Crippen MR) is 77.4 cm³/mol. The molecule has 1 aromatic carbocycles. The fourth-order valence-corrected chi connectivity index (χ4v) is 1.98. The number of carboxylic acids is 1. The topological polar surface area (TPSA) is 92.9 Å². The number of aliphatic carboxylic acids is 1. The molecule has 0 aliphatic heterocycles. The lowest BCUT2D eigenvalue weighted by Crippen LogP contribution is -2.26. The summed E-state index contributed by atoms with van der Waals surface area (Å²) in [6.45, 7) is 1.55. The van der Waals surface area contributed by atoms with Crippen molar-refractivity contribution < 1.29 is 9.90 Å². The molecule has 0 bridgehead atoms. The maximum Gasteiger partial charge on any atom is 0.325 e. The van der Waals surface area contributed by atoms with Crippen LogP contribution in [0, 0.1) is 0 Å². The molecule has 21 heavy (non-hydrogen) atoms. The zero-order chi connectivity index (χ0) is 14.8. The molecule has 106 valence electrons. The average molecular weight is 283 g/mol. The van der Waals surface area contributed by atoms with Crippen LogP contribution in [0.2, 0.25) is 0 Å². The van der Waals surface area contributed by atoms with Crippen molar-refractivity contribution in [3.05, 3.63) is 42.9 Å². The first-order chi connectivity index (χ1) is 10.2. The average Bonchev–Trinajstić information content (AvgIpc) is 2.93. The summed E-state index contributed by atoms with van der Waals surface area (Å²) in [5.74, 6) is -0.491. The van der Waals surface area contributed by atoms with E-state index < -0.39 is 12.0 Å². The van der Waals surface area contributed by atoms with Gasteiger partial charge in [-0.2, -0.15) is 5.10 Å². The van der Waals surface area contributed by atoms with Crippen LogP contribution in [-0.2, 0) is 4.79 Å². The second-order valence-corrected chi connectivity index (χ2v) is 4.56. The highest BCUT2D eigenvalue weighted by molar-refractivity contribution is 5.89. The summed E-state index contributed by atoms with van der Waals surface area (Å²) < 4.78 is 1.69. The fourth-order valence-electron chi connectivity index (χ4n) is 1.98. The smallest absolute Gasteiger partial charge is 0.325 e. The second-order valence-electron chi connectivity index (χ2n) is 4.56. The van der Waals surface area contributed by atoms with E-state index in [1.807, 2.05) is 30.3 Å². The number of carbonyl (C=O) groups is 1. The molecular weight excluding hydrogens is 270 g/mol. The molecule has 2 heterocycles. The molecule has 1 atom stereocenters. The summed E-state index contributed by atoms with van der Waals surface area (Å²) in [6.07, 6.45) is 3.01. The first-order valence-corrected chi connectivity index (χ1v) is 6.40. The van der Waals surface area contributed by atoms with Crippen LogP contribution in [0.3, 0.4) is 0 Å². The Kier molecular flexibility index (Phi) is 3.23. The van der Waals surface area contributed by atoms with Gasteiger partial charge in [-0.1, -0.05) is 18.2 Å². The fraction of sp³-hybridized carbons (Fsp3) is 0.143. The molecular formula is C14H13N5O2. The van der Waals surface area contributed by atoms with Crippen LogP contribution < -0.4 is 5.32 Å². The number of anilines is 1. The predicted octanol–water partition coefficient (Wildman–Crippen LogP) is 1.70. The highest BCUT2D eigenvalue weighted by Gasteiger charge is 2.15. The lowest BCUT2D eigenvalue weighted by atomic mass is 10.3. The molecule has 0 radical (unpaired) electrons. The van der Waals surface area contributed by atoms with Gasteiger partial charge in [-0.25, -0.2) is 14.6 Å². The number of hydrogen-bond acceptors (Lipinski definition) is 5. The van der Waals surface area contributed by atoms with Gasteiger partial charge in [0, 0.05) is 0 Å². The van der Waals surface area contributed by atoms with Crippen molar-refractivity contribution in [2.75, 3.05) is 5.32 Å². The van der Waals surface area contributed by atoms with Crippen molar-refractivity contribution in [1.29, 1.82) is 0 Å². The summed E-state index contributed by atoms with van der Waals surface area (Å²) in [7, 11) is 0. The Bertz CT molecular complexity index is 784. The number of nitrogens with one attached hydrogen (secondary N) is 1. The van der Waals surface area contributed by atoms with Crippen molar-refractivity contribution in [2.24, 2.45) is 0 Å². The molecule has 7 nitrogen and oxygen atoms in total. The first kappa shape index (κ1) is 13.0. The summed E-state index contributed by atoms with van der Waals surface area (Å²) >= 11 is 0. The SMILES string of the molecule is C[C@@H](Nc1ncnc2c1cnn2-c1ccccc1)C(=O)O. The van der Waals surface area contributed by atoms with Crippen molar-refractivity contribution in [1.82, 2.24) is 19.7 Å². The molecule has 2 N–H and O–H groups in total. The Morgan fingerprint density at radius 1 is 1.29 bits per heavy atom.